The number of nitrogens with zero attached hydrogens (tertiary/aromatic N) is 3. The highest BCUT2D eigenvalue weighted by Crippen LogP contribution is 2.34. The van der Waals surface area contributed by atoms with E-state index in [2.05, 4.69) is 48.2 Å². The largest absolute Gasteiger partial charge is 0.309 e. The van der Waals surface area contributed by atoms with Crippen molar-refractivity contribution in [2.75, 3.05) is 20.6 Å². The lowest BCUT2D eigenvalue weighted by Crippen LogP contribution is -2.13. The Bertz CT molecular complexity index is 927. The van der Waals surface area contributed by atoms with Crippen molar-refractivity contribution < 1.29 is 0 Å². The van der Waals surface area contributed by atoms with Crippen LogP contribution in [-0.2, 0) is 6.42 Å². The molecule has 0 spiro atoms. The second kappa shape index (κ2) is 5.18. The van der Waals surface area contributed by atoms with Gasteiger partial charge in [0.15, 0.2) is 0 Å². The molecule has 0 fully saturated rings. The summed E-state index contributed by atoms with van der Waals surface area (Å²) in [6.45, 7) is 1.09. The van der Waals surface area contributed by atoms with E-state index in [1.165, 1.54) is 38.0 Å². The zero-order chi connectivity index (χ0) is 15.1. The molecule has 3 nitrogen and oxygen atoms in total. The Labute approximate surface area is 129 Å². The highest BCUT2D eigenvalue weighted by atomic mass is 15.0. The molecule has 0 atom stereocenters. The van der Waals surface area contributed by atoms with Crippen LogP contribution >= 0.6 is 0 Å². The number of aromatic nitrogens is 2. The Morgan fingerprint density at radius 2 is 1.55 bits per heavy atom. The molecule has 0 saturated heterocycles. The van der Waals surface area contributed by atoms with E-state index >= 15 is 0 Å². The first kappa shape index (κ1) is 13.4. The minimum absolute atomic E-state index is 1.02. The van der Waals surface area contributed by atoms with Gasteiger partial charge in [-0.05, 0) is 33.5 Å². The van der Waals surface area contributed by atoms with Crippen molar-refractivity contribution in [2.24, 2.45) is 0 Å². The minimum Gasteiger partial charge on any atom is -0.309 e. The third-order valence-corrected chi connectivity index (χ3v) is 4.37. The van der Waals surface area contributed by atoms with Gasteiger partial charge >= 0.3 is 0 Å². The van der Waals surface area contributed by atoms with Crippen molar-refractivity contribution in [2.45, 2.75) is 12.8 Å². The third kappa shape index (κ3) is 2.09. The molecule has 2 aromatic heterocycles. The average Bonchev–Trinajstić information content (AvgIpc) is 2.53. The number of aryl methyl sites for hydroxylation is 1. The SMILES string of the molecule is CN(C)CCCc1ncc2ccc3cncc4ccc1c2c34. The molecule has 2 aromatic carbocycles. The maximum absolute atomic E-state index is 4.73. The van der Waals surface area contributed by atoms with Gasteiger partial charge in [-0.1, -0.05) is 24.3 Å². The van der Waals surface area contributed by atoms with E-state index in [0.717, 1.165) is 19.4 Å². The van der Waals surface area contributed by atoms with Gasteiger partial charge in [-0.25, -0.2) is 0 Å². The van der Waals surface area contributed by atoms with Crippen LogP contribution in [-0.4, -0.2) is 35.5 Å². The summed E-state index contributed by atoms with van der Waals surface area (Å²) in [5.74, 6) is 0. The highest BCUT2D eigenvalue weighted by Gasteiger charge is 2.11. The monoisotopic (exact) mass is 289 g/mol. The normalized spacial score (nSPS) is 12.1. The van der Waals surface area contributed by atoms with Crippen LogP contribution in [0.4, 0.5) is 0 Å². The van der Waals surface area contributed by atoms with E-state index in [1.54, 1.807) is 0 Å². The van der Waals surface area contributed by atoms with Crippen LogP contribution in [0.2, 0.25) is 0 Å². The Kier molecular flexibility index (Phi) is 3.16. The van der Waals surface area contributed by atoms with Gasteiger partial charge in [0.1, 0.15) is 0 Å². The summed E-state index contributed by atoms with van der Waals surface area (Å²) in [7, 11) is 4.23. The molecule has 0 aliphatic carbocycles. The maximum Gasteiger partial charge on any atom is 0.0483 e. The van der Waals surface area contributed by atoms with E-state index in [9.17, 15) is 0 Å². The summed E-state index contributed by atoms with van der Waals surface area (Å²) in [6, 6.07) is 8.69. The molecule has 0 aliphatic heterocycles. The molecule has 0 aliphatic rings. The lowest BCUT2D eigenvalue weighted by atomic mass is 9.95. The van der Waals surface area contributed by atoms with Crippen LogP contribution in [0.5, 0.6) is 0 Å². The van der Waals surface area contributed by atoms with Crippen LogP contribution in [0, 0.1) is 0 Å². The summed E-state index contributed by atoms with van der Waals surface area (Å²) >= 11 is 0. The molecule has 4 aromatic rings. The molecule has 0 bridgehead atoms. The van der Waals surface area contributed by atoms with Gasteiger partial charge < -0.3 is 4.90 Å². The van der Waals surface area contributed by atoms with E-state index in [0.29, 0.717) is 0 Å². The summed E-state index contributed by atoms with van der Waals surface area (Å²) < 4.78 is 0. The predicted molar refractivity (Wildman–Crippen MR) is 92.6 cm³/mol. The Morgan fingerprint density at radius 1 is 0.864 bits per heavy atom. The molecule has 4 rings (SSSR count). The molecule has 3 heteroatoms. The van der Waals surface area contributed by atoms with Crippen LogP contribution < -0.4 is 0 Å². The van der Waals surface area contributed by atoms with E-state index < -0.39 is 0 Å². The Morgan fingerprint density at radius 3 is 2.27 bits per heavy atom. The fourth-order valence-corrected chi connectivity index (χ4v) is 3.32. The standard InChI is InChI=1S/C19H19N3/c1-22(2)9-3-4-17-16-8-7-14-11-20-10-13-5-6-15(12-21-17)19(16)18(13)14/h5-8,10-12H,3-4,9H2,1-2H3. The number of benzene rings is 2. The topological polar surface area (TPSA) is 29.0 Å². The van der Waals surface area contributed by atoms with Gasteiger partial charge in [-0.15, -0.1) is 0 Å². The molecule has 0 unspecified atom stereocenters. The Hall–Kier alpha value is -2.26. The maximum atomic E-state index is 4.73. The highest BCUT2D eigenvalue weighted by molar-refractivity contribution is 6.22. The molecular formula is C19H19N3. The smallest absolute Gasteiger partial charge is 0.0483 e. The van der Waals surface area contributed by atoms with Crippen LogP contribution in [0.3, 0.4) is 0 Å². The molecule has 0 saturated carbocycles. The van der Waals surface area contributed by atoms with Crippen LogP contribution in [0.15, 0.2) is 42.9 Å². The quantitative estimate of drug-likeness (QED) is 0.534. The summed E-state index contributed by atoms with van der Waals surface area (Å²) in [6.07, 6.45) is 8.07. The Balaban J connectivity index is 1.92. The summed E-state index contributed by atoms with van der Waals surface area (Å²) in [5.41, 5.74) is 1.21. The first-order valence-corrected chi connectivity index (χ1v) is 7.75. The lowest BCUT2D eigenvalue weighted by molar-refractivity contribution is 0.400. The van der Waals surface area contributed by atoms with Crippen molar-refractivity contribution in [3.8, 4) is 0 Å². The van der Waals surface area contributed by atoms with Gasteiger partial charge in [-0.3, -0.25) is 9.97 Å². The predicted octanol–water partition coefficient (Wildman–Crippen LogP) is 3.87. The zero-order valence-corrected chi connectivity index (χ0v) is 13.0. The van der Waals surface area contributed by atoms with E-state index in [1.807, 2.05) is 18.6 Å². The van der Waals surface area contributed by atoms with Crippen molar-refractivity contribution >= 4 is 32.3 Å². The summed E-state index contributed by atoms with van der Waals surface area (Å²) in [4.78, 5) is 11.3. The number of pyridine rings is 2. The fraction of sp³-hybridized carbons (Fsp3) is 0.263. The molecular weight excluding hydrogens is 270 g/mol. The molecule has 22 heavy (non-hydrogen) atoms. The third-order valence-electron chi connectivity index (χ3n) is 4.37. The molecule has 0 N–H and O–H groups in total. The number of rotatable bonds is 4. The van der Waals surface area contributed by atoms with Gasteiger partial charge in [0.2, 0.25) is 0 Å². The van der Waals surface area contributed by atoms with Crippen molar-refractivity contribution in [3.63, 3.8) is 0 Å². The molecule has 2 heterocycles. The van der Waals surface area contributed by atoms with E-state index in [-0.39, 0.29) is 0 Å². The van der Waals surface area contributed by atoms with Crippen molar-refractivity contribution in [3.05, 3.63) is 48.5 Å². The van der Waals surface area contributed by atoms with Gasteiger partial charge in [0.05, 0.1) is 0 Å². The number of hydrogen-bond donors (Lipinski definition) is 0. The lowest BCUT2D eigenvalue weighted by Gasteiger charge is -2.13. The zero-order valence-electron chi connectivity index (χ0n) is 13.0. The van der Waals surface area contributed by atoms with Crippen LogP contribution in [0.25, 0.3) is 32.3 Å². The van der Waals surface area contributed by atoms with Gasteiger partial charge in [-0.2, -0.15) is 0 Å². The summed E-state index contributed by atoms with van der Waals surface area (Å²) in [5, 5.41) is 7.59. The van der Waals surface area contributed by atoms with Gasteiger partial charge in [0.25, 0.3) is 0 Å². The molecule has 110 valence electrons. The average molecular weight is 289 g/mol. The second-order valence-corrected chi connectivity index (χ2v) is 6.22. The molecule has 0 amide bonds. The van der Waals surface area contributed by atoms with Crippen molar-refractivity contribution in [1.29, 1.82) is 0 Å². The second-order valence-electron chi connectivity index (χ2n) is 6.22. The van der Waals surface area contributed by atoms with Gasteiger partial charge in [0, 0.05) is 56.6 Å². The fourth-order valence-electron chi connectivity index (χ4n) is 3.32. The minimum atomic E-state index is 1.02. The van der Waals surface area contributed by atoms with Crippen molar-refractivity contribution in [1.82, 2.24) is 14.9 Å². The first-order valence-electron chi connectivity index (χ1n) is 7.75. The molecule has 0 radical (unpaired) electrons. The first-order chi connectivity index (χ1) is 10.7. The number of hydrogen-bond acceptors (Lipinski definition) is 3. The van der Waals surface area contributed by atoms with Crippen LogP contribution in [0.1, 0.15) is 12.1 Å². The van der Waals surface area contributed by atoms with E-state index in [4.69, 9.17) is 4.98 Å².